The van der Waals surface area contributed by atoms with E-state index in [1.807, 2.05) is 18.2 Å². The second-order valence-corrected chi connectivity index (χ2v) is 4.31. The molecular formula is C12H9BrN4. The first kappa shape index (κ1) is 11.6. The molecule has 0 radical (unpaired) electrons. The second-order valence-electron chi connectivity index (χ2n) is 3.39. The lowest BCUT2D eigenvalue weighted by Gasteiger charge is -2.04. The smallest absolute Gasteiger partial charge is 0.222 e. The van der Waals surface area contributed by atoms with Gasteiger partial charge in [0.2, 0.25) is 5.95 Å². The van der Waals surface area contributed by atoms with E-state index in [1.165, 1.54) is 0 Å². The third kappa shape index (κ3) is 3.26. The molecule has 1 heterocycles. The molecule has 1 N–H and O–H groups in total. The van der Waals surface area contributed by atoms with Crippen molar-refractivity contribution in [2.75, 3.05) is 5.32 Å². The zero-order valence-corrected chi connectivity index (χ0v) is 10.5. The summed E-state index contributed by atoms with van der Waals surface area (Å²) in [6, 6.07) is 9.53. The Balaban J connectivity index is 2.02. The molecule has 0 atom stereocenters. The van der Waals surface area contributed by atoms with Gasteiger partial charge in [-0.1, -0.05) is 12.1 Å². The SMILES string of the molecule is N#Cc1cccc(CNc2ncc(Br)cn2)c1. The molecule has 1 aromatic heterocycles. The van der Waals surface area contributed by atoms with Crippen molar-refractivity contribution in [3.63, 3.8) is 0 Å². The third-order valence-corrected chi connectivity index (χ3v) is 2.54. The molecule has 2 rings (SSSR count). The van der Waals surface area contributed by atoms with Crippen LogP contribution in [0.25, 0.3) is 0 Å². The van der Waals surface area contributed by atoms with Crippen LogP contribution in [0, 0.1) is 11.3 Å². The van der Waals surface area contributed by atoms with Gasteiger partial charge in [-0.15, -0.1) is 0 Å². The largest absolute Gasteiger partial charge is 0.350 e. The molecule has 4 nitrogen and oxygen atoms in total. The molecule has 84 valence electrons. The zero-order valence-electron chi connectivity index (χ0n) is 8.89. The van der Waals surface area contributed by atoms with Crippen molar-refractivity contribution in [3.8, 4) is 6.07 Å². The first-order valence-corrected chi connectivity index (χ1v) is 5.78. The van der Waals surface area contributed by atoms with E-state index in [0.29, 0.717) is 18.1 Å². The van der Waals surface area contributed by atoms with Gasteiger partial charge in [0.15, 0.2) is 0 Å². The molecule has 17 heavy (non-hydrogen) atoms. The van der Waals surface area contributed by atoms with Gasteiger partial charge >= 0.3 is 0 Å². The number of nitrogens with one attached hydrogen (secondary N) is 1. The van der Waals surface area contributed by atoms with E-state index < -0.39 is 0 Å². The van der Waals surface area contributed by atoms with E-state index in [1.54, 1.807) is 18.5 Å². The molecule has 0 saturated heterocycles. The Bertz CT molecular complexity index is 545. The highest BCUT2D eigenvalue weighted by atomic mass is 79.9. The molecule has 0 amide bonds. The number of hydrogen-bond donors (Lipinski definition) is 1. The minimum absolute atomic E-state index is 0.565. The average molecular weight is 289 g/mol. The van der Waals surface area contributed by atoms with Gasteiger partial charge < -0.3 is 5.32 Å². The number of halogens is 1. The summed E-state index contributed by atoms with van der Waals surface area (Å²) in [4.78, 5) is 8.20. The van der Waals surface area contributed by atoms with Crippen LogP contribution in [0.2, 0.25) is 0 Å². The fourth-order valence-corrected chi connectivity index (χ4v) is 1.54. The normalized spacial score (nSPS) is 9.65. The van der Waals surface area contributed by atoms with E-state index in [2.05, 4.69) is 37.3 Å². The van der Waals surface area contributed by atoms with Crippen LogP contribution >= 0.6 is 15.9 Å². The number of anilines is 1. The molecule has 1 aromatic carbocycles. The molecule has 0 spiro atoms. The summed E-state index contributed by atoms with van der Waals surface area (Å²) >= 11 is 3.27. The number of rotatable bonds is 3. The highest BCUT2D eigenvalue weighted by Gasteiger charge is 1.98. The van der Waals surface area contributed by atoms with Gasteiger partial charge in [0.1, 0.15) is 0 Å². The standard InChI is InChI=1S/C12H9BrN4/c13-11-7-16-12(17-8-11)15-6-10-3-1-2-9(4-10)5-14/h1-4,7-8H,6H2,(H,15,16,17). The Kier molecular flexibility index (Phi) is 3.68. The van der Waals surface area contributed by atoms with Crippen LogP contribution in [0.4, 0.5) is 5.95 Å². The monoisotopic (exact) mass is 288 g/mol. The Morgan fingerprint density at radius 2 is 2.06 bits per heavy atom. The van der Waals surface area contributed by atoms with Gasteiger partial charge in [-0.3, -0.25) is 0 Å². The van der Waals surface area contributed by atoms with E-state index >= 15 is 0 Å². The topological polar surface area (TPSA) is 61.6 Å². The maximum atomic E-state index is 8.78. The van der Waals surface area contributed by atoms with Crippen LogP contribution in [0.1, 0.15) is 11.1 Å². The molecule has 2 aromatic rings. The molecule has 0 fully saturated rings. The van der Waals surface area contributed by atoms with E-state index in [0.717, 1.165) is 10.0 Å². The summed E-state index contributed by atoms with van der Waals surface area (Å²) in [5, 5.41) is 11.9. The molecule has 0 unspecified atom stereocenters. The van der Waals surface area contributed by atoms with Crippen molar-refractivity contribution in [1.29, 1.82) is 5.26 Å². The third-order valence-electron chi connectivity index (χ3n) is 2.13. The number of hydrogen-bond acceptors (Lipinski definition) is 4. The van der Waals surface area contributed by atoms with E-state index in [4.69, 9.17) is 5.26 Å². The Labute approximate surface area is 107 Å². The summed E-state index contributed by atoms with van der Waals surface area (Å²) in [7, 11) is 0. The van der Waals surface area contributed by atoms with Gasteiger partial charge in [-0.05, 0) is 33.6 Å². The van der Waals surface area contributed by atoms with Crippen LogP contribution in [-0.2, 0) is 6.54 Å². The fourth-order valence-electron chi connectivity index (χ4n) is 1.34. The lowest BCUT2D eigenvalue weighted by atomic mass is 10.1. The van der Waals surface area contributed by atoms with Crippen molar-refractivity contribution < 1.29 is 0 Å². The van der Waals surface area contributed by atoms with Crippen molar-refractivity contribution in [2.45, 2.75) is 6.54 Å². The quantitative estimate of drug-likeness (QED) is 0.943. The molecule has 0 saturated carbocycles. The fraction of sp³-hybridized carbons (Fsp3) is 0.0833. The highest BCUT2D eigenvalue weighted by Crippen LogP contribution is 2.09. The van der Waals surface area contributed by atoms with Gasteiger partial charge in [-0.25, -0.2) is 9.97 Å². The van der Waals surface area contributed by atoms with Crippen molar-refractivity contribution in [1.82, 2.24) is 9.97 Å². The predicted molar refractivity (Wildman–Crippen MR) is 68.2 cm³/mol. The molecule has 0 bridgehead atoms. The van der Waals surface area contributed by atoms with Crippen LogP contribution < -0.4 is 5.32 Å². The second kappa shape index (κ2) is 5.41. The van der Waals surface area contributed by atoms with Crippen LogP contribution in [0.15, 0.2) is 41.1 Å². The summed E-state index contributed by atoms with van der Waals surface area (Å²) in [5.41, 5.74) is 1.68. The Hall–Kier alpha value is -1.93. The van der Waals surface area contributed by atoms with Gasteiger partial charge in [0.25, 0.3) is 0 Å². The molecule has 0 aliphatic rings. The lowest BCUT2D eigenvalue weighted by molar-refractivity contribution is 1.05. The van der Waals surface area contributed by atoms with E-state index in [-0.39, 0.29) is 0 Å². The highest BCUT2D eigenvalue weighted by molar-refractivity contribution is 9.10. The number of aromatic nitrogens is 2. The van der Waals surface area contributed by atoms with Crippen LogP contribution in [-0.4, -0.2) is 9.97 Å². The average Bonchev–Trinajstić information content (AvgIpc) is 2.38. The molecular weight excluding hydrogens is 280 g/mol. The first-order chi connectivity index (χ1) is 8.28. The summed E-state index contributed by atoms with van der Waals surface area (Å²) < 4.78 is 0.842. The van der Waals surface area contributed by atoms with E-state index in [9.17, 15) is 0 Å². The maximum absolute atomic E-state index is 8.78. The lowest BCUT2D eigenvalue weighted by Crippen LogP contribution is -2.03. The van der Waals surface area contributed by atoms with Gasteiger partial charge in [0.05, 0.1) is 16.1 Å². The Morgan fingerprint density at radius 3 is 2.76 bits per heavy atom. The van der Waals surface area contributed by atoms with Gasteiger partial charge in [0, 0.05) is 18.9 Å². The molecule has 0 aliphatic heterocycles. The zero-order chi connectivity index (χ0) is 12.1. The number of nitrogens with zero attached hydrogens (tertiary/aromatic N) is 3. The predicted octanol–water partition coefficient (Wildman–Crippen LogP) is 2.72. The van der Waals surface area contributed by atoms with Crippen molar-refractivity contribution >= 4 is 21.9 Å². The summed E-state index contributed by atoms with van der Waals surface area (Å²) in [6.07, 6.45) is 3.36. The van der Waals surface area contributed by atoms with Crippen LogP contribution in [0.5, 0.6) is 0 Å². The minimum Gasteiger partial charge on any atom is -0.350 e. The number of nitriles is 1. The van der Waals surface area contributed by atoms with Crippen molar-refractivity contribution in [2.24, 2.45) is 0 Å². The molecule has 0 aliphatic carbocycles. The Morgan fingerprint density at radius 1 is 1.29 bits per heavy atom. The van der Waals surface area contributed by atoms with Gasteiger partial charge in [-0.2, -0.15) is 5.26 Å². The first-order valence-electron chi connectivity index (χ1n) is 4.98. The number of benzene rings is 1. The van der Waals surface area contributed by atoms with Crippen molar-refractivity contribution in [3.05, 3.63) is 52.3 Å². The summed E-state index contributed by atoms with van der Waals surface area (Å²) in [5.74, 6) is 0.565. The van der Waals surface area contributed by atoms with Crippen LogP contribution in [0.3, 0.4) is 0 Å². The maximum Gasteiger partial charge on any atom is 0.222 e. The minimum atomic E-state index is 0.565. The summed E-state index contributed by atoms with van der Waals surface area (Å²) in [6.45, 7) is 0.594. The molecule has 5 heteroatoms.